The van der Waals surface area contributed by atoms with Crippen LogP contribution in [-0.2, 0) is 33.9 Å². The van der Waals surface area contributed by atoms with Crippen LogP contribution >= 0.6 is 23.2 Å². The highest BCUT2D eigenvalue weighted by atomic mass is 35.5. The molecule has 41 heavy (non-hydrogen) atoms. The third-order valence-electron chi connectivity index (χ3n) is 6.96. The molecule has 1 heterocycles. The molecule has 2 atom stereocenters. The summed E-state index contributed by atoms with van der Waals surface area (Å²) >= 11 is 11.3. The van der Waals surface area contributed by atoms with Crippen molar-refractivity contribution in [3.05, 3.63) is 98.9 Å². The molecular formula is C28H22Cl2F3N3O4S. The van der Waals surface area contributed by atoms with Crippen LogP contribution in [0.5, 0.6) is 0 Å². The van der Waals surface area contributed by atoms with Gasteiger partial charge in [-0.1, -0.05) is 47.5 Å². The van der Waals surface area contributed by atoms with E-state index >= 15 is 0 Å². The first-order valence-corrected chi connectivity index (χ1v) is 14.3. The van der Waals surface area contributed by atoms with Gasteiger partial charge in [-0.3, -0.25) is 4.79 Å². The molecule has 1 amide bonds. The second-order valence-electron chi connectivity index (χ2n) is 9.77. The summed E-state index contributed by atoms with van der Waals surface area (Å²) in [4.78, 5) is 12.7. The smallest absolute Gasteiger partial charge is 0.416 e. The van der Waals surface area contributed by atoms with Gasteiger partial charge in [0, 0.05) is 26.9 Å². The van der Waals surface area contributed by atoms with Crippen LogP contribution in [0.15, 0.2) is 65.1 Å². The average Bonchev–Trinajstić information content (AvgIpc) is 3.53. The summed E-state index contributed by atoms with van der Waals surface area (Å²) < 4.78 is 65.1. The lowest BCUT2D eigenvalue weighted by molar-refractivity contribution is -0.137. The van der Waals surface area contributed by atoms with Gasteiger partial charge < -0.3 is 14.3 Å². The molecular weight excluding hydrogens is 602 g/mol. The Morgan fingerprint density at radius 2 is 1.68 bits per heavy atom. The minimum absolute atomic E-state index is 0.0620. The molecule has 4 aromatic rings. The number of alkyl halides is 3. The third kappa shape index (κ3) is 6.18. The predicted octanol–water partition coefficient (Wildman–Crippen LogP) is 7.61. The Kier molecular flexibility index (Phi) is 7.99. The van der Waals surface area contributed by atoms with Crippen molar-refractivity contribution in [2.75, 3.05) is 5.32 Å². The fourth-order valence-electron chi connectivity index (χ4n) is 4.55. The summed E-state index contributed by atoms with van der Waals surface area (Å²) in [5, 5.41) is 11.0. The lowest BCUT2D eigenvalue weighted by Crippen LogP contribution is -2.16. The summed E-state index contributed by atoms with van der Waals surface area (Å²) in [5.74, 6) is 0.00894. The summed E-state index contributed by atoms with van der Waals surface area (Å²) in [6, 6.07) is 14.4. The van der Waals surface area contributed by atoms with Gasteiger partial charge in [-0.15, -0.1) is 10.2 Å². The molecule has 1 aromatic heterocycles. The van der Waals surface area contributed by atoms with Crippen molar-refractivity contribution >= 4 is 45.9 Å². The van der Waals surface area contributed by atoms with Crippen molar-refractivity contribution in [2.24, 2.45) is 0 Å². The number of carbonyl (C=O) groups excluding carboxylic acids is 1. The highest BCUT2D eigenvalue weighted by molar-refractivity contribution is 7.79. The van der Waals surface area contributed by atoms with Crippen LogP contribution in [-0.4, -0.2) is 24.9 Å². The maximum Gasteiger partial charge on any atom is 0.416 e. The van der Waals surface area contributed by atoms with Crippen molar-refractivity contribution in [1.82, 2.24) is 10.2 Å². The molecule has 7 nitrogen and oxygen atoms in total. The quantitative estimate of drug-likeness (QED) is 0.196. The molecule has 0 spiro atoms. The van der Waals surface area contributed by atoms with E-state index in [1.165, 1.54) is 12.1 Å². The SMILES string of the molecule is CC(c1ccc(CC(=O)Nc2cc(Cl)c(C3(c4nnc(-c5ccc(C(F)(F)F)cc5)o4)CC3)c(Cl)c2)cc1)S(=O)O. The largest absolute Gasteiger partial charge is 0.420 e. The highest BCUT2D eigenvalue weighted by Gasteiger charge is 2.53. The maximum atomic E-state index is 12.9. The molecule has 13 heteroatoms. The van der Waals surface area contributed by atoms with E-state index in [2.05, 4.69) is 15.5 Å². The van der Waals surface area contributed by atoms with Gasteiger partial charge in [-0.2, -0.15) is 13.2 Å². The fraction of sp³-hybridized carbons (Fsp3) is 0.250. The number of carbonyl (C=O) groups is 1. The van der Waals surface area contributed by atoms with Crippen LogP contribution in [0.2, 0.25) is 10.0 Å². The first-order valence-electron chi connectivity index (χ1n) is 12.4. The van der Waals surface area contributed by atoms with Crippen LogP contribution < -0.4 is 5.32 Å². The Bertz CT molecular complexity index is 1600. The van der Waals surface area contributed by atoms with Gasteiger partial charge in [0.25, 0.3) is 0 Å². The summed E-state index contributed by atoms with van der Waals surface area (Å²) in [7, 11) is 0. The van der Waals surface area contributed by atoms with Gasteiger partial charge in [0.05, 0.1) is 22.6 Å². The molecule has 2 unspecified atom stereocenters. The topological polar surface area (TPSA) is 105 Å². The van der Waals surface area contributed by atoms with Gasteiger partial charge in [-0.25, -0.2) is 4.21 Å². The standard InChI is InChI=1S/C28H22Cl2F3N3O4S/c1-15(41(38)39)17-4-2-16(3-5-17)12-23(37)34-20-13-21(29)24(22(30)14-20)27(10-11-27)26-36-35-25(40-26)18-6-8-19(9-7-18)28(31,32)33/h2-9,13-15H,10-12H2,1H3,(H,34,37)(H,38,39). The second kappa shape index (κ2) is 11.2. The Morgan fingerprint density at radius 3 is 2.22 bits per heavy atom. The normalized spacial score (nSPS) is 15.8. The molecule has 5 rings (SSSR count). The third-order valence-corrected chi connectivity index (χ3v) is 8.44. The van der Waals surface area contributed by atoms with Crippen molar-refractivity contribution in [3.63, 3.8) is 0 Å². The molecule has 1 fully saturated rings. The van der Waals surface area contributed by atoms with E-state index in [4.69, 9.17) is 27.6 Å². The minimum Gasteiger partial charge on any atom is -0.420 e. The molecule has 1 aliphatic rings. The van der Waals surface area contributed by atoms with E-state index in [1.807, 2.05) is 0 Å². The Morgan fingerprint density at radius 1 is 1.07 bits per heavy atom. The van der Waals surface area contributed by atoms with E-state index in [0.29, 0.717) is 40.8 Å². The molecule has 0 saturated heterocycles. The van der Waals surface area contributed by atoms with E-state index in [9.17, 15) is 26.7 Å². The van der Waals surface area contributed by atoms with Crippen LogP contribution in [0.4, 0.5) is 18.9 Å². The van der Waals surface area contributed by atoms with Crippen LogP contribution in [0.25, 0.3) is 11.5 Å². The Hall–Kier alpha value is -3.25. The fourth-order valence-corrected chi connectivity index (χ4v) is 5.79. The highest BCUT2D eigenvalue weighted by Crippen LogP contribution is 2.57. The number of nitrogens with one attached hydrogen (secondary N) is 1. The van der Waals surface area contributed by atoms with E-state index in [1.54, 1.807) is 43.3 Å². The number of hydrogen-bond acceptors (Lipinski definition) is 5. The molecule has 0 radical (unpaired) electrons. The van der Waals surface area contributed by atoms with Crippen LogP contribution in [0.1, 0.15) is 53.2 Å². The van der Waals surface area contributed by atoms with E-state index in [-0.39, 0.29) is 34.2 Å². The number of halogens is 5. The molecule has 0 aliphatic heterocycles. The predicted molar refractivity (Wildman–Crippen MR) is 149 cm³/mol. The molecule has 2 N–H and O–H groups in total. The number of amides is 1. The summed E-state index contributed by atoms with van der Waals surface area (Å²) in [5.41, 5.74) is 1.17. The molecule has 3 aromatic carbocycles. The zero-order chi connectivity index (χ0) is 29.5. The van der Waals surface area contributed by atoms with Gasteiger partial charge in [0.2, 0.25) is 17.7 Å². The molecule has 1 aliphatic carbocycles. The molecule has 0 bridgehead atoms. The number of nitrogens with zero attached hydrogens (tertiary/aromatic N) is 2. The lowest BCUT2D eigenvalue weighted by atomic mass is 9.95. The first-order chi connectivity index (χ1) is 19.4. The Balaban J connectivity index is 1.30. The van der Waals surface area contributed by atoms with Crippen molar-refractivity contribution in [1.29, 1.82) is 0 Å². The van der Waals surface area contributed by atoms with Gasteiger partial charge in [0.15, 0.2) is 11.1 Å². The van der Waals surface area contributed by atoms with Gasteiger partial charge in [-0.05, 0) is 67.3 Å². The average molecular weight is 624 g/mol. The number of aromatic nitrogens is 2. The van der Waals surface area contributed by atoms with Crippen molar-refractivity contribution in [3.8, 4) is 11.5 Å². The summed E-state index contributed by atoms with van der Waals surface area (Å²) in [6.45, 7) is 1.64. The van der Waals surface area contributed by atoms with Crippen LogP contribution in [0, 0.1) is 0 Å². The molecule has 214 valence electrons. The van der Waals surface area contributed by atoms with Gasteiger partial charge >= 0.3 is 6.18 Å². The number of benzene rings is 3. The molecule has 1 saturated carbocycles. The van der Waals surface area contributed by atoms with Crippen molar-refractivity contribution < 1.29 is 31.1 Å². The lowest BCUT2D eigenvalue weighted by Gasteiger charge is -2.17. The Labute approximate surface area is 245 Å². The zero-order valence-electron chi connectivity index (χ0n) is 21.3. The monoisotopic (exact) mass is 623 g/mol. The minimum atomic E-state index is -4.45. The zero-order valence-corrected chi connectivity index (χ0v) is 23.7. The first kappa shape index (κ1) is 29.2. The summed E-state index contributed by atoms with van der Waals surface area (Å²) in [6.07, 6.45) is -3.16. The number of hydrogen-bond donors (Lipinski definition) is 2. The van der Waals surface area contributed by atoms with Crippen molar-refractivity contribution in [2.45, 2.75) is 43.0 Å². The number of anilines is 1. The van der Waals surface area contributed by atoms with E-state index in [0.717, 1.165) is 12.1 Å². The van der Waals surface area contributed by atoms with Gasteiger partial charge in [0.1, 0.15) is 0 Å². The second-order valence-corrected chi connectivity index (χ2v) is 11.8. The number of rotatable bonds is 8. The maximum absolute atomic E-state index is 12.9. The van der Waals surface area contributed by atoms with Crippen LogP contribution in [0.3, 0.4) is 0 Å². The van der Waals surface area contributed by atoms with E-state index < -0.39 is 33.5 Å².